The summed E-state index contributed by atoms with van der Waals surface area (Å²) < 4.78 is 4.87. The van der Waals surface area contributed by atoms with Crippen LogP contribution in [0, 0.1) is 12.8 Å². The second kappa shape index (κ2) is 8.46. The fourth-order valence-electron chi connectivity index (χ4n) is 1.97. The van der Waals surface area contributed by atoms with Gasteiger partial charge in [-0.2, -0.15) is 0 Å². The van der Waals surface area contributed by atoms with Gasteiger partial charge in [0.05, 0.1) is 12.5 Å². The number of benzene rings is 1. The van der Waals surface area contributed by atoms with Crippen LogP contribution in [0.3, 0.4) is 0 Å². The molecule has 0 atom stereocenters. The smallest absolute Gasteiger partial charge is 0.308 e. The van der Waals surface area contributed by atoms with Crippen molar-refractivity contribution in [3.8, 4) is 0 Å². The Morgan fingerprint density at radius 2 is 1.79 bits per heavy atom. The number of carbonyl (C=O) groups excluding carboxylic acids is 2. The second-order valence-electron chi connectivity index (χ2n) is 4.72. The molecule has 0 saturated heterocycles. The predicted molar refractivity (Wildman–Crippen MR) is 74.8 cm³/mol. The van der Waals surface area contributed by atoms with Gasteiger partial charge in [-0.25, -0.2) is 0 Å². The van der Waals surface area contributed by atoms with Crippen LogP contribution >= 0.6 is 0 Å². The summed E-state index contributed by atoms with van der Waals surface area (Å²) in [6.07, 6.45) is 2.45. The highest BCUT2D eigenvalue weighted by molar-refractivity contribution is 5.82. The number of esters is 1. The minimum absolute atomic E-state index is 0.0253. The second-order valence-corrected chi connectivity index (χ2v) is 4.72. The van der Waals surface area contributed by atoms with Crippen molar-refractivity contribution in [2.45, 2.75) is 39.5 Å². The van der Waals surface area contributed by atoms with Gasteiger partial charge in [-0.15, -0.1) is 0 Å². The highest BCUT2D eigenvalue weighted by Crippen LogP contribution is 2.22. The van der Waals surface area contributed by atoms with Crippen molar-refractivity contribution >= 4 is 11.8 Å². The number of hydrogen-bond donors (Lipinski definition) is 0. The quantitative estimate of drug-likeness (QED) is 0.768. The van der Waals surface area contributed by atoms with E-state index in [0.717, 1.165) is 0 Å². The molecule has 3 heteroatoms. The third-order valence-corrected chi connectivity index (χ3v) is 3.10. The highest BCUT2D eigenvalue weighted by Gasteiger charge is 2.25. The van der Waals surface area contributed by atoms with E-state index in [2.05, 4.69) is 19.1 Å². The first-order chi connectivity index (χ1) is 9.13. The van der Waals surface area contributed by atoms with E-state index in [1.165, 1.54) is 5.56 Å². The molecule has 0 bridgehead atoms. The van der Waals surface area contributed by atoms with E-state index in [4.69, 9.17) is 4.74 Å². The van der Waals surface area contributed by atoms with Crippen molar-refractivity contribution in [2.75, 3.05) is 6.61 Å². The Kier molecular flexibility index (Phi) is 6.86. The number of ether oxygens (including phenoxy) is 1. The first-order valence-corrected chi connectivity index (χ1v) is 6.83. The van der Waals surface area contributed by atoms with Gasteiger partial charge >= 0.3 is 5.97 Å². The lowest BCUT2D eigenvalue weighted by Crippen LogP contribution is -2.23. The van der Waals surface area contributed by atoms with Gasteiger partial charge in [-0.3, -0.25) is 9.59 Å². The fourth-order valence-corrected chi connectivity index (χ4v) is 1.97. The van der Waals surface area contributed by atoms with E-state index < -0.39 is 0 Å². The van der Waals surface area contributed by atoms with Crippen LogP contribution in [-0.4, -0.2) is 18.4 Å². The Morgan fingerprint density at radius 1 is 1.21 bits per heavy atom. The Labute approximate surface area is 115 Å². The number of Topliss-reactive ketones (excluding diaryl/α,β-unsaturated/α-hetero) is 1. The molecule has 0 radical (unpaired) electrons. The summed E-state index contributed by atoms with van der Waals surface area (Å²) in [4.78, 5) is 22.0. The summed E-state index contributed by atoms with van der Waals surface area (Å²) in [7, 11) is 0. The van der Waals surface area contributed by atoms with Gasteiger partial charge in [-0.1, -0.05) is 35.9 Å². The molecule has 1 fully saturated rings. The molecular formula is C16H22O3. The van der Waals surface area contributed by atoms with Crippen molar-refractivity contribution in [3.05, 3.63) is 35.9 Å². The lowest BCUT2D eigenvalue weighted by molar-refractivity contribution is -0.149. The van der Waals surface area contributed by atoms with E-state index in [0.29, 0.717) is 32.3 Å². The van der Waals surface area contributed by atoms with Crippen LogP contribution in [0.5, 0.6) is 0 Å². The average Bonchev–Trinajstić information content (AvgIpc) is 2.41. The molecule has 104 valence electrons. The molecule has 0 amide bonds. The first kappa shape index (κ1) is 15.4. The van der Waals surface area contributed by atoms with Crippen LogP contribution in [0.4, 0.5) is 0 Å². The topological polar surface area (TPSA) is 43.4 Å². The Morgan fingerprint density at radius 3 is 2.21 bits per heavy atom. The zero-order valence-corrected chi connectivity index (χ0v) is 11.7. The van der Waals surface area contributed by atoms with Crippen LogP contribution in [0.2, 0.25) is 0 Å². The molecule has 1 aromatic rings. The molecule has 2 rings (SSSR count). The van der Waals surface area contributed by atoms with Crippen molar-refractivity contribution in [1.29, 1.82) is 0 Å². The molecule has 0 unspecified atom stereocenters. The highest BCUT2D eigenvalue weighted by atomic mass is 16.5. The van der Waals surface area contributed by atoms with E-state index in [9.17, 15) is 9.59 Å². The van der Waals surface area contributed by atoms with Crippen molar-refractivity contribution in [2.24, 2.45) is 5.92 Å². The summed E-state index contributed by atoms with van der Waals surface area (Å²) in [6.45, 7) is 4.31. The summed E-state index contributed by atoms with van der Waals surface area (Å²) >= 11 is 0. The Bertz CT molecular complexity index is 388. The number of carbonyl (C=O) groups is 2. The van der Waals surface area contributed by atoms with Gasteiger partial charge in [0, 0.05) is 12.8 Å². The van der Waals surface area contributed by atoms with Gasteiger partial charge in [0.25, 0.3) is 0 Å². The van der Waals surface area contributed by atoms with Gasteiger partial charge in [0.15, 0.2) is 0 Å². The van der Waals surface area contributed by atoms with E-state index in [-0.39, 0.29) is 17.7 Å². The van der Waals surface area contributed by atoms with Gasteiger partial charge < -0.3 is 4.74 Å². The molecule has 1 aliphatic rings. The fraction of sp³-hybridized carbons (Fsp3) is 0.500. The molecular weight excluding hydrogens is 240 g/mol. The molecule has 19 heavy (non-hydrogen) atoms. The molecule has 0 aromatic heterocycles. The van der Waals surface area contributed by atoms with Crippen molar-refractivity contribution < 1.29 is 14.3 Å². The van der Waals surface area contributed by atoms with Crippen LogP contribution in [-0.2, 0) is 14.3 Å². The molecule has 1 saturated carbocycles. The van der Waals surface area contributed by atoms with Crippen molar-refractivity contribution in [1.82, 2.24) is 0 Å². The van der Waals surface area contributed by atoms with E-state index in [1.807, 2.05) is 18.2 Å². The lowest BCUT2D eigenvalue weighted by atomic mass is 9.88. The van der Waals surface area contributed by atoms with Gasteiger partial charge in [0.1, 0.15) is 5.78 Å². The normalized spacial score (nSPS) is 15.4. The Hall–Kier alpha value is -1.64. The molecule has 0 aliphatic heterocycles. The van der Waals surface area contributed by atoms with Crippen LogP contribution in [0.1, 0.15) is 38.2 Å². The average molecular weight is 262 g/mol. The summed E-state index contributed by atoms with van der Waals surface area (Å²) in [5, 5.41) is 0. The maximum atomic E-state index is 11.2. The molecule has 1 aromatic carbocycles. The Balaban J connectivity index is 0.000000218. The van der Waals surface area contributed by atoms with E-state index in [1.54, 1.807) is 6.92 Å². The summed E-state index contributed by atoms with van der Waals surface area (Å²) in [6, 6.07) is 10.3. The minimum Gasteiger partial charge on any atom is -0.466 e. The standard InChI is InChI=1S/C9H14O3.C7H8/c1-2-12-9(11)7-3-5-8(10)6-4-7;1-7-5-3-2-4-6-7/h7H,2-6H2,1H3;2-6H,1H3. The third kappa shape index (κ3) is 6.18. The van der Waals surface area contributed by atoms with Crippen LogP contribution < -0.4 is 0 Å². The number of ketones is 1. The number of rotatable bonds is 2. The maximum absolute atomic E-state index is 11.2. The molecule has 3 nitrogen and oxygen atoms in total. The zero-order chi connectivity index (χ0) is 14.1. The number of aryl methyl sites for hydroxylation is 1. The summed E-state index contributed by atoms with van der Waals surface area (Å²) in [5.41, 5.74) is 1.32. The largest absolute Gasteiger partial charge is 0.466 e. The van der Waals surface area contributed by atoms with Crippen LogP contribution in [0.15, 0.2) is 30.3 Å². The molecule has 0 N–H and O–H groups in total. The van der Waals surface area contributed by atoms with Gasteiger partial charge in [-0.05, 0) is 26.7 Å². The molecule has 1 aliphatic carbocycles. The first-order valence-electron chi connectivity index (χ1n) is 6.83. The molecule has 0 spiro atoms. The SMILES string of the molecule is CCOC(=O)C1CCC(=O)CC1.Cc1ccccc1. The van der Waals surface area contributed by atoms with Gasteiger partial charge in [0.2, 0.25) is 0 Å². The van der Waals surface area contributed by atoms with Crippen LogP contribution in [0.25, 0.3) is 0 Å². The minimum atomic E-state index is -0.134. The maximum Gasteiger partial charge on any atom is 0.308 e. The zero-order valence-electron chi connectivity index (χ0n) is 11.7. The monoisotopic (exact) mass is 262 g/mol. The lowest BCUT2D eigenvalue weighted by Gasteiger charge is -2.18. The third-order valence-electron chi connectivity index (χ3n) is 3.10. The van der Waals surface area contributed by atoms with E-state index >= 15 is 0 Å². The number of hydrogen-bond acceptors (Lipinski definition) is 3. The predicted octanol–water partition coefficient (Wildman–Crippen LogP) is 3.30. The molecule has 0 heterocycles. The van der Waals surface area contributed by atoms with Crippen molar-refractivity contribution in [3.63, 3.8) is 0 Å². The summed E-state index contributed by atoms with van der Waals surface area (Å²) in [5.74, 6) is 0.114.